The number of nitrogens with zero attached hydrogens (tertiary/aromatic N) is 5. The van der Waals surface area contributed by atoms with Gasteiger partial charge in [0.25, 0.3) is 0 Å². The Morgan fingerprint density at radius 1 is 1.16 bits per heavy atom. The summed E-state index contributed by atoms with van der Waals surface area (Å²) in [6.45, 7) is -0.404. The summed E-state index contributed by atoms with van der Waals surface area (Å²) in [6.07, 6.45) is -2.88. The van der Waals surface area contributed by atoms with E-state index in [1.165, 1.54) is 33.7 Å². The Hall–Kier alpha value is -3.47. The van der Waals surface area contributed by atoms with E-state index < -0.39 is 30.9 Å². The number of primary amides is 1. The van der Waals surface area contributed by atoms with Gasteiger partial charge in [0.1, 0.15) is 11.5 Å². The van der Waals surface area contributed by atoms with Crippen LogP contribution in [0.25, 0.3) is 28.3 Å². The molecule has 0 atom stereocenters. The van der Waals surface area contributed by atoms with Crippen molar-refractivity contribution in [3.05, 3.63) is 59.4 Å². The van der Waals surface area contributed by atoms with Gasteiger partial charge in [-0.25, -0.2) is 18.9 Å². The van der Waals surface area contributed by atoms with Gasteiger partial charge in [-0.15, -0.1) is 0 Å². The second kappa shape index (κ2) is 8.23. The monoisotopic (exact) mass is 466 g/mol. The first kappa shape index (κ1) is 21.8. The Kier molecular flexibility index (Phi) is 5.59. The van der Waals surface area contributed by atoms with Crippen molar-refractivity contribution in [1.82, 2.24) is 24.1 Å². The second-order valence-electron chi connectivity index (χ2n) is 7.01. The van der Waals surface area contributed by atoms with Gasteiger partial charge in [-0.1, -0.05) is 11.6 Å². The van der Waals surface area contributed by atoms with Crippen molar-refractivity contribution in [1.29, 1.82) is 0 Å². The van der Waals surface area contributed by atoms with Gasteiger partial charge in [-0.3, -0.25) is 4.79 Å². The molecular weight excluding hydrogens is 452 g/mol. The molecular formula is C20H15ClF4N6O. The third kappa shape index (κ3) is 4.42. The van der Waals surface area contributed by atoms with E-state index in [4.69, 9.17) is 17.3 Å². The Labute approximate surface area is 183 Å². The maximum Gasteiger partial charge on any atom is 0.390 e. The molecule has 2 N–H and O–H groups in total. The van der Waals surface area contributed by atoms with Crippen LogP contribution >= 0.6 is 11.6 Å². The second-order valence-corrected chi connectivity index (χ2v) is 7.42. The van der Waals surface area contributed by atoms with Crippen LogP contribution in [-0.2, 0) is 17.8 Å². The maximum atomic E-state index is 13.6. The lowest BCUT2D eigenvalue weighted by atomic mass is 10.1. The molecule has 0 aliphatic carbocycles. The molecule has 32 heavy (non-hydrogen) atoms. The molecule has 3 aromatic heterocycles. The molecule has 12 heteroatoms. The van der Waals surface area contributed by atoms with Crippen molar-refractivity contribution in [3.63, 3.8) is 0 Å². The van der Waals surface area contributed by atoms with E-state index in [-0.39, 0.29) is 28.5 Å². The van der Waals surface area contributed by atoms with E-state index in [1.807, 2.05) is 0 Å². The lowest BCUT2D eigenvalue weighted by Crippen LogP contribution is -2.16. The molecule has 0 radical (unpaired) electrons. The minimum Gasteiger partial charge on any atom is -0.369 e. The highest BCUT2D eigenvalue weighted by Crippen LogP contribution is 2.33. The summed E-state index contributed by atoms with van der Waals surface area (Å²) in [4.78, 5) is 19.7. The summed E-state index contributed by atoms with van der Waals surface area (Å²) in [7, 11) is 0. The van der Waals surface area contributed by atoms with Crippen molar-refractivity contribution < 1.29 is 22.4 Å². The number of alkyl halides is 3. The molecule has 0 unspecified atom stereocenters. The van der Waals surface area contributed by atoms with Crippen LogP contribution in [-0.4, -0.2) is 36.2 Å². The summed E-state index contributed by atoms with van der Waals surface area (Å²) in [5, 5.41) is 4.31. The number of carbonyl (C=O) groups is 1. The molecule has 0 fully saturated rings. The first-order valence-electron chi connectivity index (χ1n) is 9.32. The number of imidazole rings is 2. The summed E-state index contributed by atoms with van der Waals surface area (Å²) >= 11 is 5.89. The molecule has 4 aromatic rings. The molecule has 1 amide bonds. The summed E-state index contributed by atoms with van der Waals surface area (Å²) in [5.41, 5.74) is 7.34. The van der Waals surface area contributed by atoms with Crippen LogP contribution in [0.3, 0.4) is 0 Å². The minimum atomic E-state index is -4.38. The molecule has 3 heterocycles. The number of hydrogen-bond acceptors (Lipinski definition) is 4. The quantitative estimate of drug-likeness (QED) is 0.434. The van der Waals surface area contributed by atoms with Crippen LogP contribution in [0.5, 0.6) is 0 Å². The summed E-state index contributed by atoms with van der Waals surface area (Å²) in [6, 6.07) is 7.09. The first-order valence-corrected chi connectivity index (χ1v) is 9.70. The van der Waals surface area contributed by atoms with Crippen LogP contribution in [0.4, 0.5) is 17.6 Å². The van der Waals surface area contributed by atoms with E-state index in [1.54, 1.807) is 12.1 Å². The van der Waals surface area contributed by atoms with E-state index in [2.05, 4.69) is 15.1 Å². The largest absolute Gasteiger partial charge is 0.390 e. The number of carbonyl (C=O) groups excluding carboxylic acids is 1. The number of aromatic nitrogens is 5. The van der Waals surface area contributed by atoms with Crippen molar-refractivity contribution in [2.75, 3.05) is 0 Å². The van der Waals surface area contributed by atoms with Crippen molar-refractivity contribution in [2.24, 2.45) is 5.73 Å². The summed E-state index contributed by atoms with van der Waals surface area (Å²) < 4.78 is 55.0. The van der Waals surface area contributed by atoms with E-state index in [0.717, 1.165) is 6.07 Å². The van der Waals surface area contributed by atoms with Gasteiger partial charge in [0.15, 0.2) is 5.65 Å². The van der Waals surface area contributed by atoms with Gasteiger partial charge < -0.3 is 10.3 Å². The Bertz CT molecular complexity index is 1310. The highest BCUT2D eigenvalue weighted by molar-refractivity contribution is 6.31. The predicted molar refractivity (Wildman–Crippen MR) is 108 cm³/mol. The maximum absolute atomic E-state index is 13.6. The number of benzene rings is 1. The average molecular weight is 467 g/mol. The third-order valence-electron chi connectivity index (χ3n) is 4.70. The number of fused-ring (bicyclic) bond motifs is 1. The predicted octanol–water partition coefficient (Wildman–Crippen LogP) is 4.03. The fraction of sp³-hybridized carbons (Fsp3) is 0.200. The van der Waals surface area contributed by atoms with E-state index in [9.17, 15) is 22.4 Å². The fourth-order valence-corrected chi connectivity index (χ4v) is 3.45. The highest BCUT2D eigenvalue weighted by Gasteiger charge is 2.28. The molecule has 0 saturated heterocycles. The zero-order chi connectivity index (χ0) is 23.0. The van der Waals surface area contributed by atoms with Gasteiger partial charge >= 0.3 is 6.18 Å². The number of amides is 1. The zero-order valence-electron chi connectivity index (χ0n) is 16.3. The number of hydrogen-bond donors (Lipinski definition) is 1. The van der Waals surface area contributed by atoms with Gasteiger partial charge in [0.05, 0.1) is 47.5 Å². The number of rotatable bonds is 6. The van der Waals surface area contributed by atoms with Crippen LogP contribution in [0.2, 0.25) is 5.02 Å². The lowest BCUT2D eigenvalue weighted by molar-refractivity contribution is -0.136. The molecule has 1 aromatic carbocycles. The van der Waals surface area contributed by atoms with Crippen LogP contribution in [0.1, 0.15) is 12.1 Å². The molecule has 0 aliphatic rings. The Morgan fingerprint density at radius 2 is 1.94 bits per heavy atom. The smallest absolute Gasteiger partial charge is 0.369 e. The SMILES string of the molecule is NC(=O)Cc1cnc2ccc(-c3c(-c4ccc(F)c(Cl)c4)ncn3CCC(F)(F)F)nn12. The number of aryl methyl sites for hydroxylation is 1. The van der Waals surface area contributed by atoms with Gasteiger partial charge in [-0.05, 0) is 30.3 Å². The number of halogens is 5. The Balaban J connectivity index is 1.87. The van der Waals surface area contributed by atoms with E-state index in [0.29, 0.717) is 16.9 Å². The Morgan fingerprint density at radius 3 is 2.62 bits per heavy atom. The van der Waals surface area contributed by atoms with Crippen LogP contribution in [0, 0.1) is 5.82 Å². The molecule has 0 bridgehead atoms. The zero-order valence-corrected chi connectivity index (χ0v) is 17.0. The molecule has 0 spiro atoms. The van der Waals surface area contributed by atoms with Gasteiger partial charge in [0.2, 0.25) is 5.91 Å². The lowest BCUT2D eigenvalue weighted by Gasteiger charge is -2.12. The first-order chi connectivity index (χ1) is 15.1. The van der Waals surface area contributed by atoms with Crippen LogP contribution < -0.4 is 5.73 Å². The molecule has 4 rings (SSSR count). The third-order valence-corrected chi connectivity index (χ3v) is 4.99. The number of nitrogens with two attached hydrogens (primary N) is 1. The minimum absolute atomic E-state index is 0.120. The van der Waals surface area contributed by atoms with Crippen LogP contribution in [0.15, 0.2) is 42.9 Å². The normalized spacial score (nSPS) is 11.9. The molecule has 166 valence electrons. The van der Waals surface area contributed by atoms with Gasteiger partial charge in [0, 0.05) is 12.1 Å². The molecule has 0 aliphatic heterocycles. The topological polar surface area (TPSA) is 91.1 Å². The van der Waals surface area contributed by atoms with Crippen molar-refractivity contribution in [2.45, 2.75) is 25.6 Å². The van der Waals surface area contributed by atoms with Crippen molar-refractivity contribution >= 4 is 23.2 Å². The standard InChI is InChI=1S/C20H15ClF4N6O/c21-13-7-11(1-2-14(13)22)18-19(30(10-28-18)6-5-20(23,24)25)15-3-4-17-27-9-12(8-16(26)32)31(17)29-15/h1-4,7,9-10H,5-6,8H2,(H2,26,32). The van der Waals surface area contributed by atoms with Gasteiger partial charge in [-0.2, -0.15) is 18.3 Å². The van der Waals surface area contributed by atoms with Crippen molar-refractivity contribution in [3.8, 4) is 22.6 Å². The highest BCUT2D eigenvalue weighted by atomic mass is 35.5. The summed E-state index contributed by atoms with van der Waals surface area (Å²) in [5.74, 6) is -1.22. The van der Waals surface area contributed by atoms with E-state index >= 15 is 0 Å². The fourth-order valence-electron chi connectivity index (χ4n) is 3.27. The molecule has 0 saturated carbocycles. The molecule has 7 nitrogen and oxygen atoms in total. The average Bonchev–Trinajstić information content (AvgIpc) is 3.31.